The Hall–Kier alpha value is 0.270. The Morgan fingerprint density at radius 2 is 1.94 bits per heavy atom. The molecule has 0 radical (unpaired) electrons. The third kappa shape index (κ3) is 4.15. The molecular formula is C14H30N2S. The Kier molecular flexibility index (Phi) is 5.81. The van der Waals surface area contributed by atoms with E-state index in [1.165, 1.54) is 43.7 Å². The fourth-order valence-corrected chi connectivity index (χ4v) is 4.46. The van der Waals surface area contributed by atoms with Crippen LogP contribution in [0.3, 0.4) is 0 Å². The van der Waals surface area contributed by atoms with E-state index in [4.69, 9.17) is 5.73 Å². The lowest BCUT2D eigenvalue weighted by atomic mass is 9.79. The molecule has 3 heteroatoms. The molecule has 1 saturated heterocycles. The summed E-state index contributed by atoms with van der Waals surface area (Å²) in [5, 5.41) is 0. The minimum atomic E-state index is 0.236. The molecule has 1 fully saturated rings. The Bertz CT molecular complexity index is 230. The number of unbranched alkanes of at least 4 members (excludes halogenated alkanes) is 2. The molecule has 0 aromatic heterocycles. The van der Waals surface area contributed by atoms with E-state index in [1.54, 1.807) is 0 Å². The highest BCUT2D eigenvalue weighted by atomic mass is 32.2. The summed E-state index contributed by atoms with van der Waals surface area (Å²) in [6.45, 7) is 9.01. The monoisotopic (exact) mass is 258 g/mol. The van der Waals surface area contributed by atoms with Crippen molar-refractivity contribution in [2.75, 3.05) is 31.6 Å². The lowest BCUT2D eigenvalue weighted by Crippen LogP contribution is -2.58. The van der Waals surface area contributed by atoms with Crippen LogP contribution in [-0.2, 0) is 0 Å². The summed E-state index contributed by atoms with van der Waals surface area (Å²) >= 11 is 2.08. The molecule has 0 aromatic carbocycles. The highest BCUT2D eigenvalue weighted by molar-refractivity contribution is 7.99. The van der Waals surface area contributed by atoms with Gasteiger partial charge in [0.15, 0.2) is 0 Å². The van der Waals surface area contributed by atoms with Gasteiger partial charge in [0.25, 0.3) is 0 Å². The van der Waals surface area contributed by atoms with Crippen LogP contribution in [0.15, 0.2) is 0 Å². The summed E-state index contributed by atoms with van der Waals surface area (Å²) in [5.74, 6) is 2.48. The van der Waals surface area contributed by atoms with E-state index in [9.17, 15) is 0 Å². The maximum atomic E-state index is 6.11. The van der Waals surface area contributed by atoms with Gasteiger partial charge >= 0.3 is 0 Å². The number of likely N-dealkylation sites (N-methyl/N-ethyl adjacent to an activating group) is 1. The van der Waals surface area contributed by atoms with Gasteiger partial charge in [-0.05, 0) is 37.6 Å². The summed E-state index contributed by atoms with van der Waals surface area (Å²) in [5.41, 5.74) is 6.78. The minimum absolute atomic E-state index is 0.236. The van der Waals surface area contributed by atoms with Crippen molar-refractivity contribution in [2.24, 2.45) is 11.1 Å². The third-order valence-corrected chi connectivity index (χ3v) is 5.69. The first-order valence-corrected chi connectivity index (χ1v) is 8.10. The van der Waals surface area contributed by atoms with Crippen LogP contribution < -0.4 is 5.73 Å². The van der Waals surface area contributed by atoms with Crippen LogP contribution in [0.25, 0.3) is 0 Å². The maximum absolute atomic E-state index is 6.11. The van der Waals surface area contributed by atoms with Crippen LogP contribution in [-0.4, -0.2) is 42.1 Å². The minimum Gasteiger partial charge on any atom is -0.329 e. The van der Waals surface area contributed by atoms with E-state index in [1.807, 2.05) is 0 Å². The fourth-order valence-electron chi connectivity index (χ4n) is 2.88. The average Bonchev–Trinajstić information content (AvgIpc) is 2.27. The van der Waals surface area contributed by atoms with Gasteiger partial charge in [0.2, 0.25) is 0 Å². The van der Waals surface area contributed by atoms with Gasteiger partial charge in [-0.1, -0.05) is 33.6 Å². The molecule has 0 saturated carbocycles. The Balaban J connectivity index is 2.60. The third-order valence-electron chi connectivity index (χ3n) is 3.96. The number of nitrogens with two attached hydrogens (primary N) is 1. The quantitative estimate of drug-likeness (QED) is 0.743. The Morgan fingerprint density at radius 3 is 2.47 bits per heavy atom. The molecule has 1 aliphatic rings. The molecule has 17 heavy (non-hydrogen) atoms. The van der Waals surface area contributed by atoms with Crippen molar-refractivity contribution in [1.82, 2.24) is 4.90 Å². The first kappa shape index (κ1) is 15.3. The van der Waals surface area contributed by atoms with E-state index in [0.29, 0.717) is 5.41 Å². The van der Waals surface area contributed by atoms with Crippen LogP contribution in [0.2, 0.25) is 0 Å². The number of hydrogen-bond donors (Lipinski definition) is 1. The van der Waals surface area contributed by atoms with Crippen LogP contribution >= 0.6 is 11.8 Å². The molecule has 1 rings (SSSR count). The predicted octanol–water partition coefficient (Wildman–Crippen LogP) is 2.97. The van der Waals surface area contributed by atoms with Gasteiger partial charge in [-0.3, -0.25) is 4.90 Å². The summed E-state index contributed by atoms with van der Waals surface area (Å²) in [6, 6.07) is 0. The molecule has 1 unspecified atom stereocenters. The molecule has 0 aromatic rings. The van der Waals surface area contributed by atoms with E-state index in [-0.39, 0.29) is 5.54 Å². The van der Waals surface area contributed by atoms with Crippen LogP contribution in [0.1, 0.15) is 46.5 Å². The second kappa shape index (κ2) is 6.44. The molecule has 1 aliphatic heterocycles. The van der Waals surface area contributed by atoms with Gasteiger partial charge in [-0.15, -0.1) is 0 Å². The molecule has 102 valence electrons. The standard InChI is InChI=1S/C14H30N2S/c1-5-6-7-8-16(4)14(10-15)9-13(2,3)11-17-12-14/h5-12,15H2,1-4H3. The van der Waals surface area contributed by atoms with Crippen molar-refractivity contribution < 1.29 is 0 Å². The summed E-state index contributed by atoms with van der Waals surface area (Å²) < 4.78 is 0. The van der Waals surface area contributed by atoms with Gasteiger partial charge in [-0.25, -0.2) is 0 Å². The molecule has 1 atom stereocenters. The number of nitrogens with zero attached hydrogens (tertiary/aromatic N) is 1. The Labute approximate surface area is 112 Å². The van der Waals surface area contributed by atoms with Crippen LogP contribution in [0.4, 0.5) is 0 Å². The van der Waals surface area contributed by atoms with Crippen LogP contribution in [0.5, 0.6) is 0 Å². The van der Waals surface area contributed by atoms with Gasteiger partial charge in [0, 0.05) is 17.8 Å². The van der Waals surface area contributed by atoms with Crippen molar-refractivity contribution in [3.8, 4) is 0 Å². The SMILES string of the molecule is CCCCCN(C)C1(CN)CSCC(C)(C)C1. The molecule has 0 spiro atoms. The second-order valence-corrected chi connectivity index (χ2v) is 7.38. The zero-order valence-electron chi connectivity index (χ0n) is 12.1. The van der Waals surface area contributed by atoms with Crippen molar-refractivity contribution in [3.05, 3.63) is 0 Å². The molecule has 1 heterocycles. The number of thioether (sulfide) groups is 1. The van der Waals surface area contributed by atoms with Crippen molar-refractivity contribution in [1.29, 1.82) is 0 Å². The van der Waals surface area contributed by atoms with Crippen molar-refractivity contribution >= 4 is 11.8 Å². The normalized spacial score (nSPS) is 28.6. The molecule has 2 nitrogen and oxygen atoms in total. The topological polar surface area (TPSA) is 29.3 Å². The largest absolute Gasteiger partial charge is 0.329 e. The zero-order valence-corrected chi connectivity index (χ0v) is 12.9. The van der Waals surface area contributed by atoms with E-state index in [2.05, 4.69) is 44.5 Å². The zero-order chi connectivity index (χ0) is 12.9. The van der Waals surface area contributed by atoms with E-state index in [0.717, 1.165) is 6.54 Å². The van der Waals surface area contributed by atoms with E-state index < -0.39 is 0 Å². The number of rotatable bonds is 6. The molecule has 2 N–H and O–H groups in total. The summed E-state index contributed by atoms with van der Waals surface area (Å²) in [6.07, 6.45) is 5.18. The van der Waals surface area contributed by atoms with Crippen molar-refractivity contribution in [3.63, 3.8) is 0 Å². The smallest absolute Gasteiger partial charge is 0.0424 e. The van der Waals surface area contributed by atoms with Gasteiger partial charge in [0.05, 0.1) is 0 Å². The lowest BCUT2D eigenvalue weighted by molar-refractivity contribution is 0.0918. The van der Waals surface area contributed by atoms with Gasteiger partial charge < -0.3 is 5.73 Å². The lowest BCUT2D eigenvalue weighted by Gasteiger charge is -2.49. The fraction of sp³-hybridized carbons (Fsp3) is 1.00. The highest BCUT2D eigenvalue weighted by Crippen LogP contribution is 2.41. The molecule has 0 aliphatic carbocycles. The average molecular weight is 258 g/mol. The van der Waals surface area contributed by atoms with Crippen molar-refractivity contribution in [2.45, 2.75) is 52.0 Å². The Morgan fingerprint density at radius 1 is 1.24 bits per heavy atom. The maximum Gasteiger partial charge on any atom is 0.0424 e. The van der Waals surface area contributed by atoms with E-state index >= 15 is 0 Å². The second-order valence-electron chi connectivity index (χ2n) is 6.39. The predicted molar refractivity (Wildman–Crippen MR) is 79.7 cm³/mol. The first-order valence-electron chi connectivity index (χ1n) is 6.95. The summed E-state index contributed by atoms with van der Waals surface area (Å²) in [7, 11) is 2.27. The summed E-state index contributed by atoms with van der Waals surface area (Å²) in [4.78, 5) is 2.54. The van der Waals surface area contributed by atoms with Gasteiger partial charge in [0.1, 0.15) is 0 Å². The van der Waals surface area contributed by atoms with Gasteiger partial charge in [-0.2, -0.15) is 11.8 Å². The molecule has 0 amide bonds. The van der Waals surface area contributed by atoms with Crippen LogP contribution in [0, 0.1) is 5.41 Å². The first-order chi connectivity index (χ1) is 7.96. The molecular weight excluding hydrogens is 228 g/mol. The highest BCUT2D eigenvalue weighted by Gasteiger charge is 2.42. The number of hydrogen-bond acceptors (Lipinski definition) is 3. The molecule has 0 bridgehead atoms.